The zero-order valence-electron chi connectivity index (χ0n) is 10.7. The lowest BCUT2D eigenvalue weighted by atomic mass is 10.2. The Morgan fingerprint density at radius 2 is 2.15 bits per heavy atom. The first-order valence-corrected chi connectivity index (χ1v) is 5.75. The molecule has 0 aliphatic heterocycles. The number of nitrogens with zero attached hydrogens (tertiary/aromatic N) is 1. The fourth-order valence-corrected chi connectivity index (χ4v) is 1.65. The molecule has 2 rings (SSSR count). The lowest BCUT2D eigenvalue weighted by Crippen LogP contribution is -2.05. The quantitative estimate of drug-likeness (QED) is 0.909. The van der Waals surface area contributed by atoms with Crippen molar-refractivity contribution in [2.45, 2.75) is 6.61 Å². The van der Waals surface area contributed by atoms with Gasteiger partial charge in [0.15, 0.2) is 17.3 Å². The van der Waals surface area contributed by atoms with Crippen LogP contribution in [0.4, 0.5) is 4.39 Å². The molecule has 0 radical (unpaired) electrons. The molecule has 0 aliphatic rings. The highest BCUT2D eigenvalue weighted by molar-refractivity contribution is 5.90. The van der Waals surface area contributed by atoms with Crippen LogP contribution in [0.1, 0.15) is 15.9 Å². The minimum absolute atomic E-state index is 0.0247. The van der Waals surface area contributed by atoms with E-state index in [1.807, 2.05) is 0 Å². The number of rotatable bonds is 5. The van der Waals surface area contributed by atoms with Crippen LogP contribution in [-0.4, -0.2) is 23.2 Å². The van der Waals surface area contributed by atoms with Gasteiger partial charge < -0.3 is 14.6 Å². The summed E-state index contributed by atoms with van der Waals surface area (Å²) in [6, 6.07) is 5.97. The summed E-state index contributed by atoms with van der Waals surface area (Å²) in [6.07, 6.45) is 2.63. The van der Waals surface area contributed by atoms with E-state index in [4.69, 9.17) is 14.6 Å². The summed E-state index contributed by atoms with van der Waals surface area (Å²) in [4.78, 5) is 14.8. The number of carboxylic acid groups (broad SMARTS) is 1. The van der Waals surface area contributed by atoms with Crippen molar-refractivity contribution in [1.82, 2.24) is 4.98 Å². The van der Waals surface area contributed by atoms with Crippen LogP contribution in [0.5, 0.6) is 11.5 Å². The fourth-order valence-electron chi connectivity index (χ4n) is 1.65. The molecule has 6 heteroatoms. The van der Waals surface area contributed by atoms with Gasteiger partial charge in [-0.3, -0.25) is 4.98 Å². The largest absolute Gasteiger partial charge is 0.494 e. The number of methoxy groups -OCH3 is 1. The maximum atomic E-state index is 13.9. The van der Waals surface area contributed by atoms with Gasteiger partial charge in [0.05, 0.1) is 13.3 Å². The minimum Gasteiger partial charge on any atom is -0.494 e. The van der Waals surface area contributed by atoms with Gasteiger partial charge in [0.2, 0.25) is 0 Å². The number of halogens is 1. The number of benzene rings is 1. The summed E-state index contributed by atoms with van der Waals surface area (Å²) in [5.41, 5.74) is 0.243. The molecule has 104 valence electrons. The molecule has 2 aromatic rings. The van der Waals surface area contributed by atoms with Gasteiger partial charge in [-0.1, -0.05) is 12.1 Å². The summed E-state index contributed by atoms with van der Waals surface area (Å²) < 4.78 is 24.1. The van der Waals surface area contributed by atoms with E-state index >= 15 is 0 Å². The fraction of sp³-hybridized carbons (Fsp3) is 0.143. The number of hydrogen-bond donors (Lipinski definition) is 1. The number of pyridine rings is 1. The van der Waals surface area contributed by atoms with Gasteiger partial charge in [-0.15, -0.1) is 0 Å². The Morgan fingerprint density at radius 1 is 1.35 bits per heavy atom. The predicted octanol–water partition coefficient (Wildman–Crippen LogP) is 2.51. The highest BCUT2D eigenvalue weighted by Gasteiger charge is 2.13. The molecule has 0 fully saturated rings. The van der Waals surface area contributed by atoms with E-state index in [-0.39, 0.29) is 29.2 Å². The summed E-state index contributed by atoms with van der Waals surface area (Å²) >= 11 is 0. The number of aromatic nitrogens is 1. The minimum atomic E-state index is -1.13. The maximum absolute atomic E-state index is 13.9. The second-order valence-electron chi connectivity index (χ2n) is 3.90. The topological polar surface area (TPSA) is 68.7 Å². The van der Waals surface area contributed by atoms with Crippen LogP contribution in [0.2, 0.25) is 0 Å². The molecular weight excluding hydrogens is 265 g/mol. The number of carbonyl (C=O) groups is 1. The SMILES string of the molecule is COc1cccc(COc2cnccc2C(=O)O)c1F. The molecule has 0 saturated carbocycles. The maximum Gasteiger partial charge on any atom is 0.339 e. The van der Waals surface area contributed by atoms with Gasteiger partial charge in [-0.25, -0.2) is 9.18 Å². The molecular formula is C14H12FNO4. The molecule has 0 unspecified atom stereocenters. The molecule has 20 heavy (non-hydrogen) atoms. The predicted molar refractivity (Wildman–Crippen MR) is 68.5 cm³/mol. The normalized spacial score (nSPS) is 10.1. The summed E-state index contributed by atoms with van der Waals surface area (Å²) in [7, 11) is 1.37. The molecule has 0 saturated heterocycles. The van der Waals surface area contributed by atoms with Crippen molar-refractivity contribution >= 4 is 5.97 Å². The number of hydrogen-bond acceptors (Lipinski definition) is 4. The third-order valence-corrected chi connectivity index (χ3v) is 2.66. The first-order valence-electron chi connectivity index (χ1n) is 5.75. The molecule has 0 bridgehead atoms. The summed E-state index contributed by atoms with van der Waals surface area (Å²) in [5, 5.41) is 9.00. The molecule has 0 aliphatic carbocycles. The Bertz CT molecular complexity index is 630. The van der Waals surface area contributed by atoms with E-state index in [1.165, 1.54) is 37.7 Å². The van der Waals surface area contributed by atoms with Crippen molar-refractivity contribution in [1.29, 1.82) is 0 Å². The highest BCUT2D eigenvalue weighted by Crippen LogP contribution is 2.23. The first kappa shape index (κ1) is 13.8. The van der Waals surface area contributed by atoms with Crippen molar-refractivity contribution in [2.75, 3.05) is 7.11 Å². The van der Waals surface area contributed by atoms with Gasteiger partial charge in [0.25, 0.3) is 0 Å². The molecule has 0 spiro atoms. The van der Waals surface area contributed by atoms with Crippen molar-refractivity contribution < 1.29 is 23.8 Å². The molecule has 1 heterocycles. The van der Waals surface area contributed by atoms with Crippen LogP contribution in [0.3, 0.4) is 0 Å². The molecule has 0 amide bonds. The number of aromatic carboxylic acids is 1. The Morgan fingerprint density at radius 3 is 2.85 bits per heavy atom. The van der Waals surface area contributed by atoms with Crippen LogP contribution in [-0.2, 0) is 6.61 Å². The van der Waals surface area contributed by atoms with E-state index in [0.29, 0.717) is 0 Å². The number of carboxylic acids is 1. The Labute approximate surface area is 114 Å². The van der Waals surface area contributed by atoms with E-state index in [0.717, 1.165) is 0 Å². The van der Waals surface area contributed by atoms with Crippen LogP contribution >= 0.6 is 0 Å². The van der Waals surface area contributed by atoms with Crippen molar-refractivity contribution in [3.05, 3.63) is 53.6 Å². The van der Waals surface area contributed by atoms with Gasteiger partial charge in [-0.05, 0) is 12.1 Å². The second-order valence-corrected chi connectivity index (χ2v) is 3.90. The average molecular weight is 277 g/mol. The Hall–Kier alpha value is -2.63. The highest BCUT2D eigenvalue weighted by atomic mass is 19.1. The molecule has 0 atom stereocenters. The lowest BCUT2D eigenvalue weighted by Gasteiger charge is -2.10. The second kappa shape index (κ2) is 6.01. The van der Waals surface area contributed by atoms with Crippen molar-refractivity contribution in [2.24, 2.45) is 0 Å². The standard InChI is InChI=1S/C14H12FNO4/c1-19-11-4-2-3-9(13(11)15)8-20-12-7-16-6-5-10(12)14(17)18/h2-7H,8H2,1H3,(H,17,18). The van der Waals surface area contributed by atoms with Crippen molar-refractivity contribution in [3.8, 4) is 11.5 Å². The Balaban J connectivity index is 2.19. The van der Waals surface area contributed by atoms with Crippen LogP contribution in [0.25, 0.3) is 0 Å². The van der Waals surface area contributed by atoms with Crippen molar-refractivity contribution in [3.63, 3.8) is 0 Å². The van der Waals surface area contributed by atoms with Gasteiger partial charge >= 0.3 is 5.97 Å². The zero-order chi connectivity index (χ0) is 14.5. The van der Waals surface area contributed by atoms with Crippen LogP contribution in [0.15, 0.2) is 36.7 Å². The van der Waals surface area contributed by atoms with E-state index < -0.39 is 11.8 Å². The Kier molecular flexibility index (Phi) is 4.14. The van der Waals surface area contributed by atoms with Crippen LogP contribution in [0, 0.1) is 5.82 Å². The van der Waals surface area contributed by atoms with Gasteiger partial charge in [0, 0.05) is 11.8 Å². The molecule has 1 aromatic heterocycles. The van der Waals surface area contributed by atoms with Gasteiger partial charge in [-0.2, -0.15) is 0 Å². The summed E-state index contributed by atoms with van der Waals surface area (Å²) in [6.45, 7) is -0.116. The van der Waals surface area contributed by atoms with Gasteiger partial charge in [0.1, 0.15) is 12.2 Å². The molecule has 1 aromatic carbocycles. The van der Waals surface area contributed by atoms with E-state index in [2.05, 4.69) is 4.98 Å². The number of ether oxygens (including phenoxy) is 2. The van der Waals surface area contributed by atoms with E-state index in [9.17, 15) is 9.18 Å². The third-order valence-electron chi connectivity index (χ3n) is 2.66. The monoisotopic (exact) mass is 277 g/mol. The first-order chi connectivity index (χ1) is 9.63. The average Bonchev–Trinajstić information content (AvgIpc) is 2.46. The zero-order valence-corrected chi connectivity index (χ0v) is 10.7. The third kappa shape index (κ3) is 2.85. The molecule has 1 N–H and O–H groups in total. The lowest BCUT2D eigenvalue weighted by molar-refractivity contribution is 0.0691. The summed E-state index contributed by atoms with van der Waals surface area (Å²) in [5.74, 6) is -1.47. The smallest absolute Gasteiger partial charge is 0.339 e. The van der Waals surface area contributed by atoms with E-state index in [1.54, 1.807) is 6.07 Å². The van der Waals surface area contributed by atoms with Crippen LogP contribution < -0.4 is 9.47 Å². The molecule has 5 nitrogen and oxygen atoms in total.